The molecule has 148 valence electrons. The lowest BCUT2D eigenvalue weighted by molar-refractivity contribution is -0.176. The fraction of sp³-hybridized carbons (Fsp3) is 0.783. The largest absolute Gasteiger partial charge is 0.462 e. The second-order valence-electron chi connectivity index (χ2n) is 9.99. The molecule has 3 saturated carbocycles. The lowest BCUT2D eigenvalue weighted by Gasteiger charge is -2.60. The maximum absolute atomic E-state index is 12.4. The van der Waals surface area contributed by atoms with Gasteiger partial charge in [0.1, 0.15) is 11.9 Å². The van der Waals surface area contributed by atoms with Crippen LogP contribution in [-0.4, -0.2) is 23.6 Å². The highest BCUT2D eigenvalue weighted by atomic mass is 16.5. The smallest absolute Gasteiger partial charge is 0.302 e. The number of rotatable bonds is 2. The number of ketones is 2. The molecule has 27 heavy (non-hydrogen) atoms. The highest BCUT2D eigenvalue weighted by Gasteiger charge is 2.63. The van der Waals surface area contributed by atoms with E-state index in [4.69, 9.17) is 4.74 Å². The van der Waals surface area contributed by atoms with Crippen molar-refractivity contribution in [2.45, 2.75) is 78.7 Å². The standard InChI is InChI=1S/C23H32O4/c1-13(24)18-7-8-19-17-6-5-15-11-16(26)9-10-22(15,3)21(17)20(27-14(2)25)12-23(18,19)4/h11,17-21H,5-10,12H2,1-4H3/t17-,18+,19-,20+,21-,22-,23+/m0/s1. The van der Waals surface area contributed by atoms with Gasteiger partial charge < -0.3 is 4.74 Å². The summed E-state index contributed by atoms with van der Waals surface area (Å²) >= 11 is 0. The molecule has 4 heteroatoms. The highest BCUT2D eigenvalue weighted by molar-refractivity contribution is 5.91. The number of hydrogen-bond donors (Lipinski definition) is 0. The van der Waals surface area contributed by atoms with E-state index < -0.39 is 0 Å². The molecule has 0 amide bonds. The van der Waals surface area contributed by atoms with Gasteiger partial charge in [0, 0.05) is 25.2 Å². The Labute approximate surface area is 162 Å². The van der Waals surface area contributed by atoms with Gasteiger partial charge in [0.2, 0.25) is 0 Å². The van der Waals surface area contributed by atoms with Crippen molar-refractivity contribution in [2.75, 3.05) is 0 Å². The molecule has 0 spiro atoms. The van der Waals surface area contributed by atoms with Gasteiger partial charge >= 0.3 is 5.97 Å². The Hall–Kier alpha value is -1.45. The first kappa shape index (κ1) is 18.9. The van der Waals surface area contributed by atoms with Gasteiger partial charge in [-0.25, -0.2) is 0 Å². The molecule has 3 fully saturated rings. The Balaban J connectivity index is 1.77. The number of esters is 1. The highest BCUT2D eigenvalue weighted by Crippen LogP contribution is 2.67. The first-order valence-electron chi connectivity index (χ1n) is 10.6. The number of hydrogen-bond acceptors (Lipinski definition) is 4. The molecule has 0 N–H and O–H groups in total. The first-order valence-corrected chi connectivity index (χ1v) is 10.6. The third-order valence-corrected chi connectivity index (χ3v) is 8.68. The average Bonchev–Trinajstić information content (AvgIpc) is 2.91. The predicted octanol–water partition coefficient (Wildman–Crippen LogP) is 4.27. The molecular weight excluding hydrogens is 340 g/mol. The second-order valence-corrected chi connectivity index (χ2v) is 9.99. The van der Waals surface area contributed by atoms with E-state index >= 15 is 0 Å². The summed E-state index contributed by atoms with van der Waals surface area (Å²) in [5.74, 6) is 1.61. The topological polar surface area (TPSA) is 60.4 Å². The summed E-state index contributed by atoms with van der Waals surface area (Å²) in [4.78, 5) is 36.4. The Morgan fingerprint density at radius 3 is 2.52 bits per heavy atom. The maximum atomic E-state index is 12.4. The van der Waals surface area contributed by atoms with Gasteiger partial charge in [-0.15, -0.1) is 0 Å². The minimum Gasteiger partial charge on any atom is -0.462 e. The van der Waals surface area contributed by atoms with Crippen molar-refractivity contribution in [2.24, 2.45) is 34.5 Å². The van der Waals surface area contributed by atoms with Gasteiger partial charge in [-0.05, 0) is 74.2 Å². The maximum Gasteiger partial charge on any atom is 0.302 e. The number of allylic oxidation sites excluding steroid dienone is 1. The lowest BCUT2D eigenvalue weighted by Crippen LogP contribution is -2.57. The van der Waals surface area contributed by atoms with Crippen LogP contribution in [0.5, 0.6) is 0 Å². The van der Waals surface area contributed by atoms with Crippen LogP contribution in [0.2, 0.25) is 0 Å². The molecular formula is C23H32O4. The zero-order chi connectivity index (χ0) is 19.6. The van der Waals surface area contributed by atoms with Crippen molar-refractivity contribution in [1.82, 2.24) is 0 Å². The van der Waals surface area contributed by atoms with E-state index in [2.05, 4.69) is 13.8 Å². The van der Waals surface area contributed by atoms with Gasteiger partial charge in [-0.3, -0.25) is 14.4 Å². The van der Waals surface area contributed by atoms with Gasteiger partial charge in [-0.2, -0.15) is 0 Å². The quantitative estimate of drug-likeness (QED) is 0.679. The van der Waals surface area contributed by atoms with E-state index in [1.807, 2.05) is 6.08 Å². The van der Waals surface area contributed by atoms with E-state index in [1.165, 1.54) is 12.5 Å². The predicted molar refractivity (Wildman–Crippen MR) is 102 cm³/mol. The zero-order valence-electron chi connectivity index (χ0n) is 17.0. The van der Waals surface area contributed by atoms with Gasteiger partial charge in [0.25, 0.3) is 0 Å². The Morgan fingerprint density at radius 1 is 1.11 bits per heavy atom. The summed E-state index contributed by atoms with van der Waals surface area (Å²) in [6, 6.07) is 0. The van der Waals surface area contributed by atoms with E-state index in [9.17, 15) is 14.4 Å². The second kappa shape index (κ2) is 6.28. The monoisotopic (exact) mass is 372 g/mol. The number of carbonyl (C=O) groups is 3. The van der Waals surface area contributed by atoms with Gasteiger partial charge in [0.15, 0.2) is 5.78 Å². The van der Waals surface area contributed by atoms with Crippen LogP contribution in [0.4, 0.5) is 0 Å². The van der Waals surface area contributed by atoms with Crippen molar-refractivity contribution in [1.29, 1.82) is 0 Å². The molecule has 0 heterocycles. The molecule has 0 radical (unpaired) electrons. The summed E-state index contributed by atoms with van der Waals surface area (Å²) in [6.07, 6.45) is 8.02. The van der Waals surface area contributed by atoms with Crippen LogP contribution in [0.3, 0.4) is 0 Å². The summed E-state index contributed by atoms with van der Waals surface area (Å²) < 4.78 is 5.94. The SMILES string of the molecule is CC(=O)O[C@@H]1C[C@]2(C)[C@@H](C(C)=O)CC[C@H]2[C@@H]2CCC3=CC(=O)CC[C@]3(C)[C@@H]21. The van der Waals surface area contributed by atoms with Crippen LogP contribution < -0.4 is 0 Å². The average molecular weight is 373 g/mol. The Kier molecular flexibility index (Phi) is 4.40. The fourth-order valence-corrected chi connectivity index (χ4v) is 7.64. The first-order chi connectivity index (χ1) is 12.7. The van der Waals surface area contributed by atoms with E-state index in [1.54, 1.807) is 6.92 Å². The minimum absolute atomic E-state index is 0.0629. The molecule has 0 unspecified atom stereocenters. The summed E-state index contributed by atoms with van der Waals surface area (Å²) in [7, 11) is 0. The molecule has 4 rings (SSSR count). The number of Topliss-reactive ketones (excluding diaryl/α,β-unsaturated/α-hetero) is 1. The van der Waals surface area contributed by atoms with Crippen LogP contribution in [0, 0.1) is 34.5 Å². The third kappa shape index (κ3) is 2.74. The molecule has 0 bridgehead atoms. The molecule has 0 aromatic rings. The molecule has 4 nitrogen and oxygen atoms in total. The van der Waals surface area contributed by atoms with Crippen molar-refractivity contribution in [3.8, 4) is 0 Å². The van der Waals surface area contributed by atoms with Crippen LogP contribution in [0.15, 0.2) is 11.6 Å². The molecule has 4 aliphatic carbocycles. The summed E-state index contributed by atoms with van der Waals surface area (Å²) in [5.41, 5.74) is 1.13. The van der Waals surface area contributed by atoms with Crippen LogP contribution in [0.1, 0.15) is 72.6 Å². The van der Waals surface area contributed by atoms with Crippen LogP contribution >= 0.6 is 0 Å². The molecule has 7 atom stereocenters. The van der Waals surface area contributed by atoms with E-state index in [0.717, 1.165) is 38.5 Å². The van der Waals surface area contributed by atoms with Crippen molar-refractivity contribution in [3.05, 3.63) is 11.6 Å². The van der Waals surface area contributed by atoms with Crippen molar-refractivity contribution >= 4 is 17.5 Å². The van der Waals surface area contributed by atoms with E-state index in [-0.39, 0.29) is 46.3 Å². The lowest BCUT2D eigenvalue weighted by atomic mass is 9.46. The van der Waals surface area contributed by atoms with Gasteiger partial charge in [-0.1, -0.05) is 19.4 Å². The van der Waals surface area contributed by atoms with Gasteiger partial charge in [0.05, 0.1) is 0 Å². The van der Waals surface area contributed by atoms with E-state index in [0.29, 0.717) is 18.3 Å². The number of carbonyl (C=O) groups excluding carboxylic acids is 3. The molecule has 0 saturated heterocycles. The number of ether oxygens (including phenoxy) is 1. The van der Waals surface area contributed by atoms with Crippen molar-refractivity contribution < 1.29 is 19.1 Å². The summed E-state index contributed by atoms with van der Waals surface area (Å²) in [6.45, 7) is 7.77. The molecule has 4 aliphatic rings. The van der Waals surface area contributed by atoms with Crippen LogP contribution in [-0.2, 0) is 19.1 Å². The minimum atomic E-state index is -0.232. The van der Waals surface area contributed by atoms with Crippen LogP contribution in [0.25, 0.3) is 0 Å². The number of fused-ring (bicyclic) bond motifs is 5. The zero-order valence-corrected chi connectivity index (χ0v) is 17.0. The third-order valence-electron chi connectivity index (χ3n) is 8.68. The van der Waals surface area contributed by atoms with Crippen molar-refractivity contribution in [3.63, 3.8) is 0 Å². The Bertz CT molecular complexity index is 722. The fourth-order valence-electron chi connectivity index (χ4n) is 7.64. The molecule has 0 aliphatic heterocycles. The normalized spacial score (nSPS) is 46.0. The molecule has 0 aromatic heterocycles. The Morgan fingerprint density at radius 2 is 1.85 bits per heavy atom. The summed E-state index contributed by atoms with van der Waals surface area (Å²) in [5, 5.41) is 0. The molecule has 0 aromatic carbocycles.